The van der Waals surface area contributed by atoms with Crippen LogP contribution in [0.3, 0.4) is 0 Å². The summed E-state index contributed by atoms with van der Waals surface area (Å²) in [4.78, 5) is 12.5. The van der Waals surface area contributed by atoms with Crippen molar-refractivity contribution in [2.45, 2.75) is 45.6 Å². The molecule has 0 atom stereocenters. The quantitative estimate of drug-likeness (QED) is 0.836. The standard InChI is InChI=1S/C18H23NO2/c1-13-7-8-14(6-4-5-11-20)12-16(13)17(21)19-18(2,3)15-9-10-15/h7-8,12,15,20H,5,9-11H2,1-3H3,(H,19,21). The summed E-state index contributed by atoms with van der Waals surface area (Å²) in [6.45, 7) is 6.16. The van der Waals surface area contributed by atoms with Crippen molar-refractivity contribution >= 4 is 5.91 Å². The van der Waals surface area contributed by atoms with Gasteiger partial charge in [-0.3, -0.25) is 4.79 Å². The average molecular weight is 285 g/mol. The lowest BCUT2D eigenvalue weighted by Gasteiger charge is -2.26. The maximum Gasteiger partial charge on any atom is 0.252 e. The van der Waals surface area contributed by atoms with E-state index in [1.807, 2.05) is 25.1 Å². The molecule has 0 saturated heterocycles. The largest absolute Gasteiger partial charge is 0.395 e. The normalized spacial score (nSPS) is 14.3. The number of hydrogen-bond acceptors (Lipinski definition) is 2. The molecule has 3 heteroatoms. The minimum absolute atomic E-state index is 0.0322. The van der Waals surface area contributed by atoms with Crippen LogP contribution in [0.4, 0.5) is 0 Å². The van der Waals surface area contributed by atoms with Crippen LogP contribution in [0.2, 0.25) is 0 Å². The van der Waals surface area contributed by atoms with Crippen LogP contribution in [0.25, 0.3) is 0 Å². The smallest absolute Gasteiger partial charge is 0.252 e. The second kappa shape index (κ2) is 6.32. The van der Waals surface area contributed by atoms with Gasteiger partial charge in [-0.2, -0.15) is 0 Å². The van der Waals surface area contributed by atoms with E-state index in [4.69, 9.17) is 5.11 Å². The molecule has 0 unspecified atom stereocenters. The molecule has 0 bridgehead atoms. The molecule has 1 fully saturated rings. The Morgan fingerprint density at radius 2 is 2.14 bits per heavy atom. The van der Waals surface area contributed by atoms with Crippen molar-refractivity contribution in [3.63, 3.8) is 0 Å². The number of aliphatic hydroxyl groups excluding tert-OH is 1. The van der Waals surface area contributed by atoms with Gasteiger partial charge in [0, 0.05) is 23.1 Å². The number of hydrogen-bond donors (Lipinski definition) is 2. The summed E-state index contributed by atoms with van der Waals surface area (Å²) >= 11 is 0. The molecule has 1 aromatic rings. The highest BCUT2D eigenvalue weighted by atomic mass is 16.2. The average Bonchev–Trinajstić information content (AvgIpc) is 3.25. The minimum Gasteiger partial charge on any atom is -0.395 e. The number of nitrogens with one attached hydrogen (secondary N) is 1. The first kappa shape index (κ1) is 15.6. The number of rotatable bonds is 4. The number of amides is 1. The van der Waals surface area contributed by atoms with Crippen molar-refractivity contribution in [1.29, 1.82) is 0 Å². The summed E-state index contributed by atoms with van der Waals surface area (Å²) in [5.41, 5.74) is 2.29. The van der Waals surface area contributed by atoms with Crippen LogP contribution in [0.1, 0.15) is 54.6 Å². The van der Waals surface area contributed by atoms with Crippen LogP contribution >= 0.6 is 0 Å². The Kier molecular flexibility index (Phi) is 4.69. The zero-order valence-corrected chi connectivity index (χ0v) is 13.0. The highest BCUT2D eigenvalue weighted by Crippen LogP contribution is 2.39. The molecule has 0 aliphatic heterocycles. The minimum atomic E-state index is -0.151. The van der Waals surface area contributed by atoms with E-state index in [0.717, 1.165) is 11.1 Å². The first-order valence-electron chi connectivity index (χ1n) is 7.47. The predicted octanol–water partition coefficient (Wildman–Crippen LogP) is 2.65. The third-order valence-electron chi connectivity index (χ3n) is 3.99. The third-order valence-corrected chi connectivity index (χ3v) is 3.99. The zero-order valence-electron chi connectivity index (χ0n) is 13.0. The number of carbonyl (C=O) groups excluding carboxylic acids is 1. The van der Waals surface area contributed by atoms with Crippen molar-refractivity contribution in [2.75, 3.05) is 6.61 Å². The van der Waals surface area contributed by atoms with Gasteiger partial charge < -0.3 is 10.4 Å². The fourth-order valence-corrected chi connectivity index (χ4v) is 2.43. The van der Waals surface area contributed by atoms with Gasteiger partial charge in [-0.15, -0.1) is 0 Å². The Morgan fingerprint density at radius 3 is 2.76 bits per heavy atom. The maximum absolute atomic E-state index is 12.5. The number of benzene rings is 1. The predicted molar refractivity (Wildman–Crippen MR) is 84.0 cm³/mol. The van der Waals surface area contributed by atoms with Gasteiger partial charge in [-0.25, -0.2) is 0 Å². The summed E-state index contributed by atoms with van der Waals surface area (Å²) in [6, 6.07) is 5.66. The number of aryl methyl sites for hydroxylation is 1. The molecular formula is C18H23NO2. The molecule has 1 aromatic carbocycles. The molecule has 3 nitrogen and oxygen atoms in total. The molecule has 21 heavy (non-hydrogen) atoms. The summed E-state index contributed by atoms with van der Waals surface area (Å²) in [5.74, 6) is 6.42. The molecule has 1 aliphatic rings. The zero-order chi connectivity index (χ0) is 15.5. The molecule has 2 rings (SSSR count). The Labute approximate surface area is 126 Å². The van der Waals surface area contributed by atoms with Crippen LogP contribution in [-0.2, 0) is 0 Å². The molecule has 1 amide bonds. The Bertz CT molecular complexity index is 589. The van der Waals surface area contributed by atoms with E-state index >= 15 is 0 Å². The highest BCUT2D eigenvalue weighted by molar-refractivity contribution is 5.96. The molecule has 0 heterocycles. The van der Waals surface area contributed by atoms with E-state index in [1.165, 1.54) is 12.8 Å². The molecule has 0 spiro atoms. The van der Waals surface area contributed by atoms with Gasteiger partial charge in [-0.1, -0.05) is 17.9 Å². The fourth-order valence-electron chi connectivity index (χ4n) is 2.43. The molecule has 1 saturated carbocycles. The Balaban J connectivity index is 2.16. The van der Waals surface area contributed by atoms with Crippen LogP contribution in [0.5, 0.6) is 0 Å². The van der Waals surface area contributed by atoms with Crippen molar-refractivity contribution in [2.24, 2.45) is 5.92 Å². The van der Waals surface area contributed by atoms with Gasteiger partial charge in [0.15, 0.2) is 0 Å². The van der Waals surface area contributed by atoms with Gasteiger partial charge in [0.25, 0.3) is 5.91 Å². The molecular weight excluding hydrogens is 262 g/mol. The highest BCUT2D eigenvalue weighted by Gasteiger charge is 2.38. The number of aliphatic hydroxyl groups is 1. The van der Waals surface area contributed by atoms with E-state index in [1.54, 1.807) is 0 Å². The molecule has 1 aliphatic carbocycles. The van der Waals surface area contributed by atoms with Crippen molar-refractivity contribution < 1.29 is 9.90 Å². The van der Waals surface area contributed by atoms with E-state index < -0.39 is 0 Å². The maximum atomic E-state index is 12.5. The van der Waals surface area contributed by atoms with Crippen LogP contribution < -0.4 is 5.32 Å². The van der Waals surface area contributed by atoms with Gasteiger partial charge in [0.2, 0.25) is 0 Å². The SMILES string of the molecule is Cc1ccc(C#CCCO)cc1C(=O)NC(C)(C)C1CC1. The second-order valence-corrected chi connectivity index (χ2v) is 6.26. The first-order chi connectivity index (χ1) is 9.94. The summed E-state index contributed by atoms with van der Waals surface area (Å²) in [7, 11) is 0. The van der Waals surface area contributed by atoms with Gasteiger partial charge in [0.05, 0.1) is 6.61 Å². The Morgan fingerprint density at radius 1 is 1.43 bits per heavy atom. The third kappa shape index (κ3) is 4.09. The fraction of sp³-hybridized carbons (Fsp3) is 0.500. The van der Waals surface area contributed by atoms with E-state index in [2.05, 4.69) is 31.0 Å². The van der Waals surface area contributed by atoms with Gasteiger partial charge in [-0.05, 0) is 57.2 Å². The molecule has 0 aromatic heterocycles. The van der Waals surface area contributed by atoms with Crippen molar-refractivity contribution in [3.8, 4) is 11.8 Å². The van der Waals surface area contributed by atoms with Crippen LogP contribution in [-0.4, -0.2) is 23.2 Å². The lowest BCUT2D eigenvalue weighted by Crippen LogP contribution is -2.45. The van der Waals surface area contributed by atoms with E-state index in [0.29, 0.717) is 17.9 Å². The lowest BCUT2D eigenvalue weighted by atomic mass is 9.97. The first-order valence-corrected chi connectivity index (χ1v) is 7.47. The van der Waals surface area contributed by atoms with Crippen molar-refractivity contribution in [3.05, 3.63) is 34.9 Å². The Hall–Kier alpha value is -1.79. The van der Waals surface area contributed by atoms with E-state index in [-0.39, 0.29) is 18.1 Å². The summed E-state index contributed by atoms with van der Waals surface area (Å²) < 4.78 is 0. The molecule has 0 radical (unpaired) electrons. The van der Waals surface area contributed by atoms with Gasteiger partial charge in [0.1, 0.15) is 0 Å². The van der Waals surface area contributed by atoms with Crippen molar-refractivity contribution in [1.82, 2.24) is 5.32 Å². The second-order valence-electron chi connectivity index (χ2n) is 6.26. The van der Waals surface area contributed by atoms with Crippen LogP contribution in [0.15, 0.2) is 18.2 Å². The molecule has 2 N–H and O–H groups in total. The topological polar surface area (TPSA) is 49.3 Å². The summed E-state index contributed by atoms with van der Waals surface area (Å²) in [6.07, 6.45) is 2.84. The van der Waals surface area contributed by atoms with Crippen LogP contribution in [0, 0.1) is 24.7 Å². The summed E-state index contributed by atoms with van der Waals surface area (Å²) in [5, 5.41) is 11.9. The lowest BCUT2D eigenvalue weighted by molar-refractivity contribution is 0.0902. The monoisotopic (exact) mass is 285 g/mol. The van der Waals surface area contributed by atoms with E-state index in [9.17, 15) is 4.79 Å². The van der Waals surface area contributed by atoms with Gasteiger partial charge >= 0.3 is 0 Å². The molecule has 112 valence electrons. The number of carbonyl (C=O) groups is 1.